The summed E-state index contributed by atoms with van der Waals surface area (Å²) in [6.45, 7) is 4.74. The Morgan fingerprint density at radius 1 is 1.03 bits per heavy atom. The zero-order valence-corrected chi connectivity index (χ0v) is 21.2. The summed E-state index contributed by atoms with van der Waals surface area (Å²) in [5.41, 5.74) is 6.53. The van der Waals surface area contributed by atoms with Crippen molar-refractivity contribution in [2.75, 3.05) is 7.11 Å². The minimum Gasteiger partial charge on any atom is -0.465 e. The summed E-state index contributed by atoms with van der Waals surface area (Å²) in [7, 11) is 1.39. The van der Waals surface area contributed by atoms with Crippen LogP contribution >= 0.6 is 12.2 Å². The number of nitrogens with zero attached hydrogens (tertiary/aromatic N) is 4. The highest BCUT2D eigenvalue weighted by Gasteiger charge is 2.41. The molecule has 4 heterocycles. The van der Waals surface area contributed by atoms with Crippen molar-refractivity contribution in [2.24, 2.45) is 0 Å². The Kier molecular flexibility index (Phi) is 6.52. The van der Waals surface area contributed by atoms with E-state index < -0.39 is 0 Å². The number of carbonyl (C=O) groups excluding carboxylic acids is 1. The van der Waals surface area contributed by atoms with Crippen molar-refractivity contribution < 1.29 is 9.53 Å². The summed E-state index contributed by atoms with van der Waals surface area (Å²) in [5, 5.41) is 4.18. The molecule has 0 radical (unpaired) electrons. The molecule has 1 N–H and O–H groups in total. The molecule has 5 rings (SSSR count). The van der Waals surface area contributed by atoms with Crippen LogP contribution in [-0.2, 0) is 11.3 Å². The van der Waals surface area contributed by atoms with Gasteiger partial charge in [0.25, 0.3) is 0 Å². The molecule has 1 aliphatic rings. The van der Waals surface area contributed by atoms with E-state index >= 15 is 0 Å². The SMILES string of the molecule is COC(=O)c1cccc(-n2c(C)cc([C@H]3[C@H](c4ccccn4)NC(=S)N3Cc3ccccn3)c2C)c1. The highest BCUT2D eigenvalue weighted by atomic mass is 32.1. The molecule has 0 bridgehead atoms. The molecule has 1 aliphatic heterocycles. The number of ether oxygens (including phenoxy) is 1. The Hall–Kier alpha value is -4.04. The van der Waals surface area contributed by atoms with Crippen LogP contribution in [-0.4, -0.2) is 37.6 Å². The average molecular weight is 498 g/mol. The van der Waals surface area contributed by atoms with E-state index in [1.54, 1.807) is 18.5 Å². The van der Waals surface area contributed by atoms with Crippen molar-refractivity contribution in [2.45, 2.75) is 32.5 Å². The third-order valence-corrected chi connectivity index (χ3v) is 6.92. The second-order valence-electron chi connectivity index (χ2n) is 8.78. The number of pyridine rings is 2. The van der Waals surface area contributed by atoms with Crippen molar-refractivity contribution in [3.63, 3.8) is 0 Å². The topological polar surface area (TPSA) is 72.3 Å². The Morgan fingerprint density at radius 2 is 1.81 bits per heavy atom. The van der Waals surface area contributed by atoms with E-state index in [9.17, 15) is 4.79 Å². The minimum absolute atomic E-state index is 0.0989. The van der Waals surface area contributed by atoms with E-state index in [1.807, 2.05) is 54.6 Å². The third kappa shape index (κ3) is 4.35. The van der Waals surface area contributed by atoms with Crippen LogP contribution in [0.15, 0.2) is 79.1 Å². The van der Waals surface area contributed by atoms with E-state index in [2.05, 4.69) is 44.7 Å². The summed E-state index contributed by atoms with van der Waals surface area (Å²) in [6, 6.07) is 21.3. The lowest BCUT2D eigenvalue weighted by Gasteiger charge is -2.28. The second kappa shape index (κ2) is 9.91. The normalized spacial score (nSPS) is 17.2. The lowest BCUT2D eigenvalue weighted by molar-refractivity contribution is 0.0600. The van der Waals surface area contributed by atoms with Crippen LogP contribution in [0.5, 0.6) is 0 Å². The van der Waals surface area contributed by atoms with Gasteiger partial charge in [0.1, 0.15) is 0 Å². The Morgan fingerprint density at radius 3 is 2.50 bits per heavy atom. The van der Waals surface area contributed by atoms with Gasteiger partial charge in [0.15, 0.2) is 5.11 Å². The van der Waals surface area contributed by atoms with Crippen molar-refractivity contribution in [1.29, 1.82) is 0 Å². The number of hydrogen-bond acceptors (Lipinski definition) is 5. The van der Waals surface area contributed by atoms with E-state index in [1.165, 1.54) is 7.11 Å². The molecule has 0 unspecified atom stereocenters. The van der Waals surface area contributed by atoms with Gasteiger partial charge in [-0.15, -0.1) is 0 Å². The maximum atomic E-state index is 12.2. The Balaban J connectivity index is 1.61. The van der Waals surface area contributed by atoms with E-state index in [-0.39, 0.29) is 18.1 Å². The fraction of sp³-hybridized carbons (Fsp3) is 0.214. The van der Waals surface area contributed by atoms with Gasteiger partial charge >= 0.3 is 5.97 Å². The molecule has 4 aromatic rings. The predicted molar refractivity (Wildman–Crippen MR) is 142 cm³/mol. The quantitative estimate of drug-likeness (QED) is 0.302. The van der Waals surface area contributed by atoms with Gasteiger partial charge < -0.3 is 19.5 Å². The Bertz CT molecular complexity index is 1400. The number of rotatable bonds is 6. The smallest absolute Gasteiger partial charge is 0.337 e. The number of aryl methyl sites for hydroxylation is 1. The van der Waals surface area contributed by atoms with Crippen LogP contribution < -0.4 is 5.32 Å². The van der Waals surface area contributed by atoms with Crippen LogP contribution in [0.1, 0.15) is 50.8 Å². The molecule has 0 saturated carbocycles. The molecule has 1 saturated heterocycles. The molecule has 1 fully saturated rings. The summed E-state index contributed by atoms with van der Waals surface area (Å²) >= 11 is 5.83. The molecular formula is C28H27N5O2S. The minimum atomic E-state index is -0.360. The predicted octanol–water partition coefficient (Wildman–Crippen LogP) is 4.84. The zero-order valence-electron chi connectivity index (χ0n) is 20.4. The monoisotopic (exact) mass is 497 g/mol. The first-order valence-electron chi connectivity index (χ1n) is 11.7. The first kappa shape index (κ1) is 23.7. The third-order valence-electron chi connectivity index (χ3n) is 6.57. The van der Waals surface area contributed by atoms with E-state index in [4.69, 9.17) is 17.0 Å². The largest absolute Gasteiger partial charge is 0.465 e. The fourth-order valence-corrected chi connectivity index (χ4v) is 5.26. The number of esters is 1. The molecule has 3 aromatic heterocycles. The molecule has 0 spiro atoms. The van der Waals surface area contributed by atoms with Crippen molar-refractivity contribution in [3.05, 3.63) is 113 Å². The molecule has 1 aromatic carbocycles. The van der Waals surface area contributed by atoms with Gasteiger partial charge in [0, 0.05) is 29.5 Å². The average Bonchev–Trinajstić information content (AvgIpc) is 3.39. The number of nitrogens with one attached hydrogen (secondary N) is 1. The van der Waals surface area contributed by atoms with Crippen LogP contribution in [0.25, 0.3) is 5.69 Å². The van der Waals surface area contributed by atoms with Crippen LogP contribution in [0.3, 0.4) is 0 Å². The van der Waals surface area contributed by atoms with Gasteiger partial charge in [-0.3, -0.25) is 9.97 Å². The van der Waals surface area contributed by atoms with Gasteiger partial charge in [-0.1, -0.05) is 18.2 Å². The van der Waals surface area contributed by atoms with Crippen LogP contribution in [0.4, 0.5) is 0 Å². The summed E-state index contributed by atoms with van der Waals surface area (Å²) in [5.74, 6) is -0.360. The number of thiocarbonyl (C=S) groups is 1. The van der Waals surface area contributed by atoms with Crippen molar-refractivity contribution >= 4 is 23.3 Å². The standard InChI is InChI=1S/C28H27N5O2S/c1-18-15-23(19(2)33(18)22-11-8-9-20(16-22)27(34)35-3)26-25(24-12-5-7-14-30-24)31-28(36)32(26)17-21-10-4-6-13-29-21/h4-16,25-26H,17H2,1-3H3,(H,31,36)/t25-,26-/m0/s1. The lowest BCUT2D eigenvalue weighted by Crippen LogP contribution is -2.29. The molecule has 2 atom stereocenters. The molecule has 182 valence electrons. The lowest BCUT2D eigenvalue weighted by atomic mass is 9.96. The molecule has 36 heavy (non-hydrogen) atoms. The van der Waals surface area contributed by atoms with Gasteiger partial charge in [0.2, 0.25) is 0 Å². The molecule has 8 heteroatoms. The van der Waals surface area contributed by atoms with Crippen LogP contribution in [0.2, 0.25) is 0 Å². The maximum Gasteiger partial charge on any atom is 0.337 e. The van der Waals surface area contributed by atoms with E-state index in [0.717, 1.165) is 34.0 Å². The highest BCUT2D eigenvalue weighted by Crippen LogP contribution is 2.42. The van der Waals surface area contributed by atoms with Crippen LogP contribution in [0, 0.1) is 13.8 Å². The van der Waals surface area contributed by atoms with Gasteiger partial charge in [-0.05, 0) is 80.2 Å². The number of hydrogen-bond donors (Lipinski definition) is 1. The first-order valence-corrected chi connectivity index (χ1v) is 12.1. The summed E-state index contributed by atoms with van der Waals surface area (Å²) in [4.78, 5) is 23.5. The molecule has 7 nitrogen and oxygen atoms in total. The second-order valence-corrected chi connectivity index (χ2v) is 9.17. The number of benzene rings is 1. The van der Waals surface area contributed by atoms with Crippen molar-refractivity contribution in [1.82, 2.24) is 24.8 Å². The summed E-state index contributed by atoms with van der Waals surface area (Å²) < 4.78 is 7.09. The van der Waals surface area contributed by atoms with E-state index in [0.29, 0.717) is 17.2 Å². The maximum absolute atomic E-state index is 12.2. The number of aromatic nitrogens is 3. The van der Waals surface area contributed by atoms with Gasteiger partial charge in [0.05, 0.1) is 42.7 Å². The van der Waals surface area contributed by atoms with Gasteiger partial charge in [-0.2, -0.15) is 0 Å². The number of carbonyl (C=O) groups is 1. The fourth-order valence-electron chi connectivity index (χ4n) is 4.95. The zero-order chi connectivity index (χ0) is 25.2. The Labute approximate surface area is 215 Å². The highest BCUT2D eigenvalue weighted by molar-refractivity contribution is 7.80. The first-order chi connectivity index (χ1) is 17.5. The molecule has 0 aliphatic carbocycles. The van der Waals surface area contributed by atoms with Crippen molar-refractivity contribution in [3.8, 4) is 5.69 Å². The number of methoxy groups -OCH3 is 1. The van der Waals surface area contributed by atoms with Gasteiger partial charge in [-0.25, -0.2) is 4.79 Å². The summed E-state index contributed by atoms with van der Waals surface area (Å²) in [6.07, 6.45) is 3.60. The molecular weight excluding hydrogens is 470 g/mol. The molecule has 0 amide bonds.